The average Bonchev–Trinajstić information content (AvgIpc) is 2.52. The number of thioether (sulfide) groups is 1. The number of benzene rings is 1. The van der Waals surface area contributed by atoms with Crippen LogP contribution in [0.4, 0.5) is 0 Å². The van der Waals surface area contributed by atoms with Crippen LogP contribution in [0.25, 0.3) is 10.9 Å². The molecular formula is C18H25ClN2OS. The van der Waals surface area contributed by atoms with Crippen molar-refractivity contribution in [3.63, 3.8) is 0 Å². The summed E-state index contributed by atoms with van der Waals surface area (Å²) in [6, 6.07) is 6.61. The second-order valence-corrected chi connectivity index (χ2v) is 7.10. The van der Waals surface area contributed by atoms with Crippen LogP contribution in [-0.2, 0) is 4.74 Å². The molecule has 2 aromatic rings. The lowest BCUT2D eigenvalue weighted by Crippen LogP contribution is -2.37. The van der Waals surface area contributed by atoms with Crippen molar-refractivity contribution in [3.05, 3.63) is 34.9 Å². The Kier molecular flexibility index (Phi) is 6.72. The van der Waals surface area contributed by atoms with Gasteiger partial charge in [0.1, 0.15) is 0 Å². The van der Waals surface area contributed by atoms with Crippen molar-refractivity contribution in [2.45, 2.75) is 25.8 Å². The fraction of sp³-hybridized carbons (Fsp3) is 0.500. The maximum atomic E-state index is 5.39. The number of ether oxygens (including phenoxy) is 1. The molecule has 3 nitrogen and oxygen atoms in total. The summed E-state index contributed by atoms with van der Waals surface area (Å²) >= 11 is 1.86. The van der Waals surface area contributed by atoms with Gasteiger partial charge in [0.15, 0.2) is 0 Å². The van der Waals surface area contributed by atoms with Crippen molar-refractivity contribution >= 4 is 35.1 Å². The fourth-order valence-electron chi connectivity index (χ4n) is 2.85. The predicted molar refractivity (Wildman–Crippen MR) is 101 cm³/mol. The molecule has 1 fully saturated rings. The maximum Gasteiger partial charge on any atom is 0.0970 e. The van der Waals surface area contributed by atoms with Crippen LogP contribution in [0.1, 0.15) is 16.7 Å². The number of nitrogens with zero attached hydrogens (tertiary/aromatic N) is 2. The number of hydrogen-bond acceptors (Lipinski definition) is 4. The molecule has 1 aromatic heterocycles. The van der Waals surface area contributed by atoms with Crippen LogP contribution in [0.3, 0.4) is 0 Å². The first-order valence-electron chi connectivity index (χ1n) is 7.95. The van der Waals surface area contributed by atoms with Crippen LogP contribution in [0.2, 0.25) is 0 Å². The molecule has 23 heavy (non-hydrogen) atoms. The highest BCUT2D eigenvalue weighted by Crippen LogP contribution is 2.27. The van der Waals surface area contributed by atoms with Gasteiger partial charge < -0.3 is 4.74 Å². The topological polar surface area (TPSA) is 25.4 Å². The van der Waals surface area contributed by atoms with Crippen molar-refractivity contribution in [1.29, 1.82) is 0 Å². The summed E-state index contributed by atoms with van der Waals surface area (Å²) in [5.74, 6) is 1.09. The molecule has 1 aliphatic rings. The predicted octanol–water partition coefficient (Wildman–Crippen LogP) is 4.01. The molecular weight excluding hydrogens is 328 g/mol. The molecule has 0 aliphatic carbocycles. The fourth-order valence-corrected chi connectivity index (χ4v) is 3.82. The van der Waals surface area contributed by atoms with Crippen molar-refractivity contribution < 1.29 is 4.74 Å². The Hall–Kier alpha value is -0.810. The Morgan fingerprint density at radius 2 is 1.87 bits per heavy atom. The summed E-state index contributed by atoms with van der Waals surface area (Å²) in [6.07, 6.45) is 0. The Labute approximate surface area is 149 Å². The van der Waals surface area contributed by atoms with Gasteiger partial charge in [-0.1, -0.05) is 12.1 Å². The second kappa shape index (κ2) is 8.34. The molecule has 0 radical (unpaired) electrons. The lowest BCUT2D eigenvalue weighted by molar-refractivity contribution is 0.0410. The normalized spacial score (nSPS) is 15.6. The number of fused-ring (bicyclic) bond motifs is 1. The monoisotopic (exact) mass is 352 g/mol. The molecule has 0 unspecified atom stereocenters. The summed E-state index contributed by atoms with van der Waals surface area (Å²) in [4.78, 5) is 7.37. The third-order valence-corrected chi connectivity index (χ3v) is 5.34. The number of halogens is 1. The summed E-state index contributed by atoms with van der Waals surface area (Å²) in [5.41, 5.74) is 5.10. The van der Waals surface area contributed by atoms with Gasteiger partial charge in [0.05, 0.1) is 23.8 Å². The molecule has 1 aliphatic heterocycles. The van der Waals surface area contributed by atoms with E-state index in [4.69, 9.17) is 9.72 Å². The van der Waals surface area contributed by atoms with Gasteiger partial charge in [-0.25, -0.2) is 4.98 Å². The van der Waals surface area contributed by atoms with Gasteiger partial charge in [0.25, 0.3) is 0 Å². The molecule has 2 heterocycles. The molecule has 0 saturated carbocycles. The molecule has 0 spiro atoms. The molecule has 1 aromatic carbocycles. The Morgan fingerprint density at radius 3 is 2.61 bits per heavy atom. The Morgan fingerprint density at radius 1 is 1.13 bits per heavy atom. The van der Waals surface area contributed by atoms with Crippen molar-refractivity contribution in [2.75, 3.05) is 38.6 Å². The summed E-state index contributed by atoms with van der Waals surface area (Å²) in [5, 5.41) is 2.42. The van der Waals surface area contributed by atoms with Gasteiger partial charge in [-0.15, -0.1) is 24.2 Å². The number of morpholine rings is 1. The Bertz CT molecular complexity index is 672. The number of aromatic nitrogens is 1. The van der Waals surface area contributed by atoms with E-state index in [1.54, 1.807) is 0 Å². The first kappa shape index (κ1) is 18.5. The highest BCUT2D eigenvalue weighted by atomic mass is 35.5. The molecule has 0 N–H and O–H groups in total. The number of hydrogen-bond donors (Lipinski definition) is 0. The van der Waals surface area contributed by atoms with Gasteiger partial charge >= 0.3 is 0 Å². The maximum absolute atomic E-state index is 5.39. The van der Waals surface area contributed by atoms with Crippen LogP contribution < -0.4 is 0 Å². The van der Waals surface area contributed by atoms with E-state index in [0.717, 1.165) is 49.1 Å². The SMILES string of the molecule is Cc1ccc2c(C)cc(SCCN3CCOCC3)nc2c1C.Cl. The molecule has 1 saturated heterocycles. The van der Waals surface area contributed by atoms with Crippen LogP contribution in [0.15, 0.2) is 23.2 Å². The number of rotatable bonds is 4. The van der Waals surface area contributed by atoms with Gasteiger partial charge in [-0.05, 0) is 43.5 Å². The van der Waals surface area contributed by atoms with Crippen molar-refractivity contribution in [3.8, 4) is 0 Å². The zero-order chi connectivity index (χ0) is 15.5. The zero-order valence-corrected chi connectivity index (χ0v) is 15.7. The molecule has 0 amide bonds. The lowest BCUT2D eigenvalue weighted by atomic mass is 10.0. The van der Waals surface area contributed by atoms with Crippen LogP contribution in [0, 0.1) is 20.8 Å². The van der Waals surface area contributed by atoms with E-state index < -0.39 is 0 Å². The van der Waals surface area contributed by atoms with Gasteiger partial charge in [0, 0.05) is 30.8 Å². The highest BCUT2D eigenvalue weighted by molar-refractivity contribution is 7.99. The first-order chi connectivity index (χ1) is 10.6. The van der Waals surface area contributed by atoms with E-state index in [1.807, 2.05) is 11.8 Å². The number of pyridine rings is 1. The standard InChI is InChI=1S/C18H24N2OS.ClH/c1-13-4-5-16-14(2)12-17(19-18(16)15(13)3)22-11-8-20-6-9-21-10-7-20;/h4-5,12H,6-11H2,1-3H3;1H. The second-order valence-electron chi connectivity index (χ2n) is 5.98. The van der Waals surface area contributed by atoms with E-state index in [9.17, 15) is 0 Å². The quantitative estimate of drug-likeness (QED) is 0.776. The molecule has 5 heteroatoms. The van der Waals surface area contributed by atoms with Crippen molar-refractivity contribution in [1.82, 2.24) is 9.88 Å². The van der Waals surface area contributed by atoms with Crippen LogP contribution in [-0.4, -0.2) is 48.5 Å². The Balaban J connectivity index is 0.00000192. The van der Waals surface area contributed by atoms with Crippen LogP contribution >= 0.6 is 24.2 Å². The third kappa shape index (κ3) is 4.38. The molecule has 0 atom stereocenters. The van der Waals surface area contributed by atoms with Gasteiger partial charge in [0.2, 0.25) is 0 Å². The molecule has 3 rings (SSSR count). The highest BCUT2D eigenvalue weighted by Gasteiger charge is 2.11. The average molecular weight is 353 g/mol. The largest absolute Gasteiger partial charge is 0.379 e. The van der Waals surface area contributed by atoms with E-state index in [2.05, 4.69) is 43.9 Å². The van der Waals surface area contributed by atoms with E-state index in [0.29, 0.717) is 0 Å². The summed E-state index contributed by atoms with van der Waals surface area (Å²) in [6.45, 7) is 11.5. The van der Waals surface area contributed by atoms with E-state index >= 15 is 0 Å². The molecule has 126 valence electrons. The molecule has 0 bridgehead atoms. The van der Waals surface area contributed by atoms with Crippen molar-refractivity contribution in [2.24, 2.45) is 0 Å². The minimum absolute atomic E-state index is 0. The first-order valence-corrected chi connectivity index (χ1v) is 8.94. The minimum Gasteiger partial charge on any atom is -0.379 e. The smallest absolute Gasteiger partial charge is 0.0970 e. The number of aryl methyl sites for hydroxylation is 3. The van der Waals surface area contributed by atoms with Crippen LogP contribution in [0.5, 0.6) is 0 Å². The lowest BCUT2D eigenvalue weighted by Gasteiger charge is -2.26. The third-order valence-electron chi connectivity index (χ3n) is 4.45. The summed E-state index contributed by atoms with van der Waals surface area (Å²) in [7, 11) is 0. The van der Waals surface area contributed by atoms with Gasteiger partial charge in [-0.3, -0.25) is 4.90 Å². The minimum atomic E-state index is 0. The van der Waals surface area contributed by atoms with E-state index in [-0.39, 0.29) is 12.4 Å². The zero-order valence-electron chi connectivity index (χ0n) is 14.1. The van der Waals surface area contributed by atoms with Gasteiger partial charge in [-0.2, -0.15) is 0 Å². The van der Waals surface area contributed by atoms with E-state index in [1.165, 1.54) is 22.1 Å². The summed E-state index contributed by atoms with van der Waals surface area (Å²) < 4.78 is 5.39.